The van der Waals surface area contributed by atoms with E-state index in [1.54, 1.807) is 0 Å². The summed E-state index contributed by atoms with van der Waals surface area (Å²) in [6.45, 7) is 0. The smallest absolute Gasteiger partial charge is 0.232 e. The second kappa shape index (κ2) is 5.52. The van der Waals surface area contributed by atoms with Crippen LogP contribution in [0.2, 0.25) is 10.6 Å². The largest absolute Gasteiger partial charge is 0.323 e. The molecule has 0 amide bonds. The predicted octanol–water partition coefficient (Wildman–Crippen LogP) is 4.84. The summed E-state index contributed by atoms with van der Waals surface area (Å²) >= 11 is 15.1. The third-order valence-electron chi connectivity index (χ3n) is 2.70. The van der Waals surface area contributed by atoms with Crippen molar-refractivity contribution in [1.29, 1.82) is 0 Å². The Kier molecular flexibility index (Phi) is 3.74. The molecule has 0 aliphatic carbocycles. The molecule has 1 aromatic heterocycles. The standard InChI is InChI=1S/C13H7BrCl2N4/c14-9-5-6-10(8-4-2-1-3-7(8)9)17-13-19-11(15)18-12(16)20-13/h1-6H,(H,17,18,19,20). The van der Waals surface area contributed by atoms with Crippen LogP contribution in [0, 0.1) is 0 Å². The molecule has 0 saturated heterocycles. The summed E-state index contributed by atoms with van der Waals surface area (Å²) in [4.78, 5) is 11.7. The van der Waals surface area contributed by atoms with Gasteiger partial charge in [-0.3, -0.25) is 0 Å². The molecule has 100 valence electrons. The van der Waals surface area contributed by atoms with Gasteiger partial charge in [0.1, 0.15) is 0 Å². The van der Waals surface area contributed by atoms with Gasteiger partial charge >= 0.3 is 0 Å². The molecule has 1 N–H and O–H groups in total. The topological polar surface area (TPSA) is 50.7 Å². The number of fused-ring (bicyclic) bond motifs is 1. The Morgan fingerprint density at radius 2 is 1.50 bits per heavy atom. The van der Waals surface area contributed by atoms with Crippen molar-refractivity contribution >= 4 is 61.5 Å². The maximum absolute atomic E-state index is 5.77. The molecule has 7 heteroatoms. The summed E-state index contributed by atoms with van der Waals surface area (Å²) in [5.41, 5.74) is 0.863. The molecular weight excluding hydrogens is 363 g/mol. The third kappa shape index (κ3) is 2.70. The summed E-state index contributed by atoms with van der Waals surface area (Å²) in [5, 5.41) is 5.33. The molecule has 0 atom stereocenters. The predicted molar refractivity (Wildman–Crippen MR) is 84.8 cm³/mol. The molecule has 20 heavy (non-hydrogen) atoms. The Bertz CT molecular complexity index is 774. The SMILES string of the molecule is Clc1nc(Cl)nc(Nc2ccc(Br)c3ccccc23)n1. The Balaban J connectivity index is 2.09. The van der Waals surface area contributed by atoms with Crippen LogP contribution in [0.3, 0.4) is 0 Å². The quantitative estimate of drug-likeness (QED) is 0.702. The fourth-order valence-electron chi connectivity index (χ4n) is 1.87. The van der Waals surface area contributed by atoms with E-state index in [0.29, 0.717) is 5.95 Å². The molecule has 0 aliphatic heterocycles. The van der Waals surface area contributed by atoms with Gasteiger partial charge in [0.2, 0.25) is 16.5 Å². The molecule has 0 bridgehead atoms. The molecule has 3 aromatic rings. The molecule has 0 spiro atoms. The highest BCUT2D eigenvalue weighted by molar-refractivity contribution is 9.10. The number of nitrogens with zero attached hydrogens (tertiary/aromatic N) is 3. The van der Waals surface area contributed by atoms with Gasteiger partial charge in [0, 0.05) is 15.5 Å². The molecule has 2 aromatic carbocycles. The summed E-state index contributed by atoms with van der Waals surface area (Å²) in [6.07, 6.45) is 0. The Morgan fingerprint density at radius 3 is 2.20 bits per heavy atom. The van der Waals surface area contributed by atoms with Gasteiger partial charge in [0.25, 0.3) is 0 Å². The van der Waals surface area contributed by atoms with E-state index >= 15 is 0 Å². The summed E-state index contributed by atoms with van der Waals surface area (Å²) in [7, 11) is 0. The molecule has 3 rings (SSSR count). The number of halogens is 3. The molecule has 0 aliphatic rings. The van der Waals surface area contributed by atoms with Crippen LogP contribution >= 0.6 is 39.1 Å². The van der Waals surface area contributed by atoms with E-state index in [-0.39, 0.29) is 10.6 Å². The lowest BCUT2D eigenvalue weighted by Crippen LogP contribution is -2.00. The average Bonchev–Trinajstić information content (AvgIpc) is 2.41. The van der Waals surface area contributed by atoms with Crippen LogP contribution in [0.5, 0.6) is 0 Å². The maximum atomic E-state index is 5.77. The van der Waals surface area contributed by atoms with Crippen LogP contribution in [0.15, 0.2) is 40.9 Å². The van der Waals surface area contributed by atoms with Crippen molar-refractivity contribution in [3.05, 3.63) is 51.4 Å². The number of aromatic nitrogens is 3. The fraction of sp³-hybridized carbons (Fsp3) is 0. The highest BCUT2D eigenvalue weighted by atomic mass is 79.9. The van der Waals surface area contributed by atoms with Crippen molar-refractivity contribution in [2.45, 2.75) is 0 Å². The number of rotatable bonds is 2. The second-order valence-corrected chi connectivity index (χ2v) is 5.49. The first-order chi connectivity index (χ1) is 9.63. The highest BCUT2D eigenvalue weighted by Crippen LogP contribution is 2.31. The van der Waals surface area contributed by atoms with Gasteiger partial charge in [-0.1, -0.05) is 40.2 Å². The minimum absolute atomic E-state index is 0.0499. The molecule has 0 saturated carbocycles. The first-order valence-electron chi connectivity index (χ1n) is 5.65. The molecule has 0 unspecified atom stereocenters. The molecule has 1 heterocycles. The zero-order valence-electron chi connectivity index (χ0n) is 9.94. The van der Waals surface area contributed by atoms with Gasteiger partial charge in [0.15, 0.2) is 0 Å². The van der Waals surface area contributed by atoms with Gasteiger partial charge in [-0.25, -0.2) is 0 Å². The van der Waals surface area contributed by atoms with Crippen molar-refractivity contribution in [2.24, 2.45) is 0 Å². The lowest BCUT2D eigenvalue weighted by molar-refractivity contribution is 1.05. The minimum atomic E-state index is 0.0499. The highest BCUT2D eigenvalue weighted by Gasteiger charge is 2.07. The maximum Gasteiger partial charge on any atom is 0.232 e. The second-order valence-electron chi connectivity index (χ2n) is 3.96. The van der Waals surface area contributed by atoms with Gasteiger partial charge in [0.05, 0.1) is 0 Å². The van der Waals surface area contributed by atoms with Crippen LogP contribution in [-0.2, 0) is 0 Å². The van der Waals surface area contributed by atoms with Gasteiger partial charge < -0.3 is 5.32 Å². The van der Waals surface area contributed by atoms with Crippen LogP contribution in [0.4, 0.5) is 11.6 Å². The van der Waals surface area contributed by atoms with E-state index in [2.05, 4.69) is 36.2 Å². The van der Waals surface area contributed by atoms with Crippen molar-refractivity contribution in [1.82, 2.24) is 15.0 Å². The number of hydrogen-bond donors (Lipinski definition) is 1. The van der Waals surface area contributed by atoms with Crippen LogP contribution in [0.25, 0.3) is 10.8 Å². The van der Waals surface area contributed by atoms with Gasteiger partial charge in [-0.05, 0) is 40.7 Å². The van der Waals surface area contributed by atoms with E-state index < -0.39 is 0 Å². The zero-order chi connectivity index (χ0) is 14.1. The first-order valence-corrected chi connectivity index (χ1v) is 7.20. The first kappa shape index (κ1) is 13.5. The summed E-state index contributed by atoms with van der Waals surface area (Å²) < 4.78 is 1.02. The van der Waals surface area contributed by atoms with Crippen molar-refractivity contribution < 1.29 is 0 Å². The fourth-order valence-corrected chi connectivity index (χ4v) is 2.71. The van der Waals surface area contributed by atoms with Gasteiger partial charge in [-0.15, -0.1) is 0 Å². The van der Waals surface area contributed by atoms with Crippen molar-refractivity contribution in [3.63, 3.8) is 0 Å². The summed E-state index contributed by atoms with van der Waals surface area (Å²) in [6, 6.07) is 11.9. The lowest BCUT2D eigenvalue weighted by Gasteiger charge is -2.09. The Hall–Kier alpha value is -1.43. The normalized spacial score (nSPS) is 10.8. The monoisotopic (exact) mass is 368 g/mol. The lowest BCUT2D eigenvalue weighted by atomic mass is 10.1. The van der Waals surface area contributed by atoms with E-state index in [1.807, 2.05) is 36.4 Å². The number of benzene rings is 2. The molecular formula is C13H7BrCl2N4. The van der Waals surface area contributed by atoms with E-state index in [9.17, 15) is 0 Å². The van der Waals surface area contributed by atoms with Crippen LogP contribution in [0.1, 0.15) is 0 Å². The van der Waals surface area contributed by atoms with Crippen molar-refractivity contribution in [2.75, 3.05) is 5.32 Å². The zero-order valence-corrected chi connectivity index (χ0v) is 13.0. The number of anilines is 2. The molecule has 0 radical (unpaired) electrons. The van der Waals surface area contributed by atoms with E-state index in [0.717, 1.165) is 20.9 Å². The Labute approximate surface area is 133 Å². The molecule has 0 fully saturated rings. The molecule has 4 nitrogen and oxygen atoms in total. The van der Waals surface area contributed by atoms with E-state index in [1.165, 1.54) is 0 Å². The van der Waals surface area contributed by atoms with Crippen LogP contribution < -0.4 is 5.32 Å². The number of nitrogens with one attached hydrogen (secondary N) is 1. The van der Waals surface area contributed by atoms with E-state index in [4.69, 9.17) is 23.2 Å². The summed E-state index contributed by atoms with van der Waals surface area (Å²) in [5.74, 6) is 0.308. The minimum Gasteiger partial charge on any atom is -0.323 e. The Morgan fingerprint density at radius 1 is 0.850 bits per heavy atom. The van der Waals surface area contributed by atoms with Gasteiger partial charge in [-0.2, -0.15) is 15.0 Å². The van der Waals surface area contributed by atoms with Crippen molar-refractivity contribution in [3.8, 4) is 0 Å². The van der Waals surface area contributed by atoms with Crippen LogP contribution in [-0.4, -0.2) is 15.0 Å². The number of hydrogen-bond acceptors (Lipinski definition) is 4. The average molecular weight is 370 g/mol. The third-order valence-corrected chi connectivity index (χ3v) is 3.73.